The van der Waals surface area contributed by atoms with E-state index in [2.05, 4.69) is 74.6 Å². The van der Waals surface area contributed by atoms with Crippen molar-refractivity contribution in [3.8, 4) is 0 Å². The van der Waals surface area contributed by atoms with E-state index in [1.165, 1.54) is 347 Å². The first-order valence-corrected chi connectivity index (χ1v) is 45.0. The largest absolute Gasteiger partial charge is 0.756 e. The van der Waals surface area contributed by atoms with E-state index in [1.54, 1.807) is 0 Å². The quantitative estimate of drug-likeness (QED) is 0.0195. The second-order valence-electron chi connectivity index (χ2n) is 30.9. The zero-order valence-electron chi connectivity index (χ0n) is 66.7. The molecule has 0 aliphatic carbocycles. The van der Waals surface area contributed by atoms with Crippen LogP contribution in [0, 0.1) is 0 Å². The van der Waals surface area contributed by atoms with Crippen LogP contribution in [-0.4, -0.2) is 70.0 Å². The van der Waals surface area contributed by atoms with Gasteiger partial charge in [-0.25, -0.2) is 0 Å². The summed E-state index contributed by atoms with van der Waals surface area (Å²) in [6, 6.07) is 0. The number of esters is 2. The predicted octanol–water partition coefficient (Wildman–Crippen LogP) is 28.6. The number of phosphoric acid groups is 1. The maximum Gasteiger partial charge on any atom is 0.306 e. The Morgan fingerprint density at radius 3 is 0.859 bits per heavy atom. The van der Waals surface area contributed by atoms with E-state index >= 15 is 0 Å². The van der Waals surface area contributed by atoms with Crippen LogP contribution in [0.5, 0.6) is 0 Å². The summed E-state index contributed by atoms with van der Waals surface area (Å²) in [6.45, 7) is 4.21. The first-order valence-electron chi connectivity index (χ1n) is 43.5. The zero-order valence-corrected chi connectivity index (χ0v) is 67.6. The van der Waals surface area contributed by atoms with Crippen LogP contribution in [0.4, 0.5) is 0 Å². The van der Waals surface area contributed by atoms with E-state index in [0.29, 0.717) is 17.4 Å². The van der Waals surface area contributed by atoms with Crippen molar-refractivity contribution in [1.29, 1.82) is 0 Å². The molecule has 0 heterocycles. The van der Waals surface area contributed by atoms with Crippen molar-refractivity contribution in [2.45, 2.75) is 450 Å². The van der Waals surface area contributed by atoms with Gasteiger partial charge in [-0.3, -0.25) is 14.2 Å². The minimum Gasteiger partial charge on any atom is -0.756 e. The van der Waals surface area contributed by atoms with E-state index in [4.69, 9.17) is 18.5 Å². The van der Waals surface area contributed by atoms with Gasteiger partial charge in [0.2, 0.25) is 0 Å². The van der Waals surface area contributed by atoms with Crippen LogP contribution >= 0.6 is 7.82 Å². The van der Waals surface area contributed by atoms with Gasteiger partial charge >= 0.3 is 11.9 Å². The predicted molar refractivity (Wildman–Crippen MR) is 430 cm³/mol. The number of carbonyl (C=O) groups excluding carboxylic acids is 2. The van der Waals surface area contributed by atoms with Crippen molar-refractivity contribution in [2.75, 3.05) is 47.5 Å². The number of carbonyl (C=O) groups is 2. The molecule has 0 aliphatic heterocycles. The normalized spacial score (nSPS) is 13.2. The lowest BCUT2D eigenvalue weighted by molar-refractivity contribution is -0.870. The van der Waals surface area contributed by atoms with Gasteiger partial charge in [0, 0.05) is 12.8 Å². The fourth-order valence-corrected chi connectivity index (χ4v) is 14.0. The maximum atomic E-state index is 12.9. The Bertz CT molecular complexity index is 1860. The molecule has 0 aromatic heterocycles. The highest BCUT2D eigenvalue weighted by atomic mass is 31.2. The minimum atomic E-state index is -4.65. The zero-order chi connectivity index (χ0) is 71.8. The third kappa shape index (κ3) is 84.5. The van der Waals surface area contributed by atoms with E-state index < -0.39 is 26.5 Å². The van der Waals surface area contributed by atoms with Gasteiger partial charge in [0.15, 0.2) is 6.10 Å². The lowest BCUT2D eigenvalue weighted by Crippen LogP contribution is -2.37. The molecule has 0 amide bonds. The molecule has 0 radical (unpaired) electrons. The van der Waals surface area contributed by atoms with Crippen molar-refractivity contribution in [3.63, 3.8) is 0 Å². The molecule has 2 atom stereocenters. The van der Waals surface area contributed by atoms with Gasteiger partial charge in [-0.05, 0) is 57.8 Å². The van der Waals surface area contributed by atoms with Crippen molar-refractivity contribution in [3.05, 3.63) is 60.8 Å². The van der Waals surface area contributed by atoms with Crippen LogP contribution in [0.1, 0.15) is 444 Å². The van der Waals surface area contributed by atoms with Gasteiger partial charge in [0.25, 0.3) is 7.82 Å². The lowest BCUT2D eigenvalue weighted by Gasteiger charge is -2.28. The SMILES string of the molecule is CC/C=C\C/C=C\C/C=C\C/C=C\C/C=C\CCCCCCCCCCCCCCCCCCCCCCCCCC(=O)OC(COC(=O)CCCCCCCCCCCCCCCCCCCCCCCCCCCCCCCCCCCCCC)COP(=O)([O-])OCC[N+](C)(C)C. The molecule has 0 aromatic rings. The number of allylic oxidation sites excluding steroid dienone is 10. The lowest BCUT2D eigenvalue weighted by atomic mass is 10.0. The molecule has 0 spiro atoms. The summed E-state index contributed by atoms with van der Waals surface area (Å²) < 4.78 is 34.5. The summed E-state index contributed by atoms with van der Waals surface area (Å²) >= 11 is 0. The molecule has 10 heteroatoms. The van der Waals surface area contributed by atoms with Gasteiger partial charge in [-0.2, -0.15) is 0 Å². The number of hydrogen-bond donors (Lipinski definition) is 0. The minimum absolute atomic E-state index is 0.0277. The molecule has 0 aromatic carbocycles. The summed E-state index contributed by atoms with van der Waals surface area (Å²) in [4.78, 5) is 38.2. The number of nitrogens with zero attached hydrogens (tertiary/aromatic N) is 1. The fraction of sp³-hybridized carbons (Fsp3) is 0.865. The van der Waals surface area contributed by atoms with Crippen molar-refractivity contribution < 1.29 is 42.1 Å². The molecule has 0 aliphatic rings. The fourth-order valence-electron chi connectivity index (χ4n) is 13.2. The second-order valence-corrected chi connectivity index (χ2v) is 32.3. The van der Waals surface area contributed by atoms with E-state index in [0.717, 1.165) is 64.2 Å². The number of hydrogen-bond acceptors (Lipinski definition) is 8. The molecule has 9 nitrogen and oxygen atoms in total. The molecule has 2 unspecified atom stereocenters. The highest BCUT2D eigenvalue weighted by molar-refractivity contribution is 7.45. The molecular formula is C89H168NO8P. The molecule has 582 valence electrons. The Labute approximate surface area is 616 Å². The summed E-state index contributed by atoms with van der Waals surface area (Å²) in [6.07, 6.45) is 108. The molecule has 0 N–H and O–H groups in total. The van der Waals surface area contributed by atoms with Gasteiger partial charge in [0.1, 0.15) is 19.8 Å². The van der Waals surface area contributed by atoms with E-state index in [-0.39, 0.29) is 32.0 Å². The smallest absolute Gasteiger partial charge is 0.306 e. The van der Waals surface area contributed by atoms with Crippen LogP contribution in [0.15, 0.2) is 60.8 Å². The highest BCUT2D eigenvalue weighted by Crippen LogP contribution is 2.38. The first-order chi connectivity index (χ1) is 48.5. The van der Waals surface area contributed by atoms with Crippen molar-refractivity contribution in [2.24, 2.45) is 0 Å². The third-order valence-electron chi connectivity index (χ3n) is 19.8. The third-order valence-corrected chi connectivity index (χ3v) is 20.8. The molecule has 99 heavy (non-hydrogen) atoms. The molecule has 0 saturated carbocycles. The summed E-state index contributed by atoms with van der Waals surface area (Å²) in [5.74, 6) is -0.806. The van der Waals surface area contributed by atoms with Crippen molar-refractivity contribution in [1.82, 2.24) is 0 Å². The number of ether oxygens (including phenoxy) is 2. The second kappa shape index (κ2) is 79.8. The van der Waals surface area contributed by atoms with Gasteiger partial charge in [0.05, 0.1) is 27.7 Å². The molecule has 0 bridgehead atoms. The molecule has 0 saturated heterocycles. The standard InChI is InChI=1S/C89H168NO8P/c1-6-8-10-12-14-16-18-20-22-24-26-28-30-32-34-36-38-40-42-44-45-46-48-50-52-54-56-58-60-62-64-66-68-70-72-74-76-78-80-82-89(92)98-87(86-97-99(93,94)96-84-83-90(3,4)5)85-95-88(91)81-79-77-75-73-71-69-67-65-63-61-59-57-55-53-51-49-47-43-41-39-37-35-33-31-29-27-25-23-21-19-17-15-13-11-9-7-2/h8,10,14,16,20,22,26,28,32,34,87H,6-7,9,11-13,15,17-19,21,23-25,27,29-31,33,35-86H2,1-5H3/b10-8-,16-14-,22-20-,28-26-,34-32-. The van der Waals surface area contributed by atoms with Crippen LogP contribution in [-0.2, 0) is 32.7 Å². The Kier molecular flexibility index (Phi) is 78.0. The topological polar surface area (TPSA) is 111 Å². The van der Waals surface area contributed by atoms with E-state index in [1.807, 2.05) is 21.1 Å². The molecular weight excluding hydrogens is 1240 g/mol. The number of quaternary nitrogens is 1. The van der Waals surface area contributed by atoms with Crippen LogP contribution in [0.2, 0.25) is 0 Å². The van der Waals surface area contributed by atoms with Crippen molar-refractivity contribution >= 4 is 19.8 Å². The van der Waals surface area contributed by atoms with Gasteiger partial charge in [-0.1, -0.05) is 434 Å². The van der Waals surface area contributed by atoms with Gasteiger partial charge < -0.3 is 27.9 Å². The monoisotopic (exact) mass is 1410 g/mol. The molecule has 0 fully saturated rings. The molecule has 0 rings (SSSR count). The average molecular weight is 1410 g/mol. The number of rotatable bonds is 82. The Balaban J connectivity index is 3.86. The maximum absolute atomic E-state index is 12.9. The summed E-state index contributed by atoms with van der Waals surface area (Å²) in [5, 5.41) is 0. The summed E-state index contributed by atoms with van der Waals surface area (Å²) in [5.41, 5.74) is 0. The Morgan fingerprint density at radius 2 is 0.576 bits per heavy atom. The van der Waals surface area contributed by atoms with Crippen LogP contribution in [0.25, 0.3) is 0 Å². The van der Waals surface area contributed by atoms with Crippen LogP contribution < -0.4 is 4.89 Å². The van der Waals surface area contributed by atoms with E-state index in [9.17, 15) is 19.0 Å². The summed E-state index contributed by atoms with van der Waals surface area (Å²) in [7, 11) is 1.19. The van der Waals surface area contributed by atoms with Gasteiger partial charge in [-0.15, -0.1) is 0 Å². The number of unbranched alkanes of at least 4 members (excludes halogenated alkanes) is 58. The number of phosphoric ester groups is 1. The van der Waals surface area contributed by atoms with Crippen LogP contribution in [0.3, 0.4) is 0 Å². The average Bonchev–Trinajstić information content (AvgIpc) is 0.989. The number of likely N-dealkylation sites (N-methyl/N-ethyl adjacent to an activating group) is 1. The highest BCUT2D eigenvalue weighted by Gasteiger charge is 2.22. The Hall–Kier alpha value is -2.29. The first kappa shape index (κ1) is 96.7. The Morgan fingerprint density at radius 1 is 0.323 bits per heavy atom.